The summed E-state index contributed by atoms with van der Waals surface area (Å²) in [7, 11) is 2.02. The minimum Gasteiger partial charge on any atom is -0.370 e. The van der Waals surface area contributed by atoms with Crippen molar-refractivity contribution in [1.82, 2.24) is 9.97 Å². The van der Waals surface area contributed by atoms with Gasteiger partial charge in [0.25, 0.3) is 0 Å². The number of pyridine rings is 2. The highest BCUT2D eigenvalue weighted by atomic mass is 15.2. The lowest BCUT2D eigenvalue weighted by Gasteiger charge is -2.19. The van der Waals surface area contributed by atoms with Gasteiger partial charge in [0, 0.05) is 43.9 Å². The van der Waals surface area contributed by atoms with Crippen LogP contribution >= 0.6 is 0 Å². The molecule has 0 saturated carbocycles. The zero-order valence-corrected chi connectivity index (χ0v) is 9.67. The molecule has 0 fully saturated rings. The van der Waals surface area contributed by atoms with Gasteiger partial charge in [-0.25, -0.2) is 10.8 Å². The van der Waals surface area contributed by atoms with Gasteiger partial charge in [-0.2, -0.15) is 0 Å². The molecule has 0 aliphatic rings. The summed E-state index contributed by atoms with van der Waals surface area (Å²) in [4.78, 5) is 10.3. The van der Waals surface area contributed by atoms with Crippen LogP contribution in [0.2, 0.25) is 0 Å². The van der Waals surface area contributed by atoms with E-state index in [0.717, 1.165) is 17.8 Å². The Morgan fingerprint density at radius 3 is 2.94 bits per heavy atom. The van der Waals surface area contributed by atoms with Gasteiger partial charge in [0.15, 0.2) is 0 Å². The molecule has 0 bridgehead atoms. The Morgan fingerprint density at radius 2 is 2.24 bits per heavy atom. The SMILES string of the molecule is CN(Cc1cccnc1)c1ccnc(NN)c1. The van der Waals surface area contributed by atoms with Crippen molar-refractivity contribution in [2.45, 2.75) is 6.54 Å². The van der Waals surface area contributed by atoms with Crippen molar-refractivity contribution in [3.05, 3.63) is 48.4 Å². The third-order valence-electron chi connectivity index (χ3n) is 2.47. The summed E-state index contributed by atoms with van der Waals surface area (Å²) in [5.74, 6) is 5.98. The topological polar surface area (TPSA) is 67.1 Å². The molecular formula is C12H15N5. The van der Waals surface area contributed by atoms with E-state index < -0.39 is 0 Å². The molecule has 0 aliphatic heterocycles. The number of anilines is 2. The monoisotopic (exact) mass is 229 g/mol. The molecule has 88 valence electrons. The third kappa shape index (κ3) is 2.92. The number of aromatic nitrogens is 2. The second-order valence-electron chi connectivity index (χ2n) is 3.76. The first-order chi connectivity index (χ1) is 8.29. The van der Waals surface area contributed by atoms with Crippen LogP contribution in [0, 0.1) is 0 Å². The average Bonchev–Trinajstić information content (AvgIpc) is 2.40. The molecule has 2 aromatic heterocycles. The zero-order chi connectivity index (χ0) is 12.1. The van der Waals surface area contributed by atoms with E-state index in [-0.39, 0.29) is 0 Å². The first-order valence-electron chi connectivity index (χ1n) is 5.32. The van der Waals surface area contributed by atoms with Crippen LogP contribution in [0.5, 0.6) is 0 Å². The van der Waals surface area contributed by atoms with Crippen LogP contribution in [0.3, 0.4) is 0 Å². The summed E-state index contributed by atoms with van der Waals surface area (Å²) in [5, 5.41) is 0. The van der Waals surface area contributed by atoms with Crippen molar-refractivity contribution in [2.75, 3.05) is 17.4 Å². The molecule has 2 rings (SSSR count). The lowest BCUT2D eigenvalue weighted by molar-refractivity contribution is 0.913. The van der Waals surface area contributed by atoms with Gasteiger partial charge < -0.3 is 10.3 Å². The third-order valence-corrected chi connectivity index (χ3v) is 2.47. The molecule has 17 heavy (non-hydrogen) atoms. The molecule has 5 heteroatoms. The summed E-state index contributed by atoms with van der Waals surface area (Å²) >= 11 is 0. The van der Waals surface area contributed by atoms with Crippen molar-refractivity contribution >= 4 is 11.5 Å². The Morgan fingerprint density at radius 1 is 1.35 bits per heavy atom. The lowest BCUT2D eigenvalue weighted by atomic mass is 10.2. The molecular weight excluding hydrogens is 214 g/mol. The van der Waals surface area contributed by atoms with Gasteiger partial charge in [0.05, 0.1) is 0 Å². The number of hydrogen-bond donors (Lipinski definition) is 2. The van der Waals surface area contributed by atoms with E-state index in [2.05, 4.69) is 20.3 Å². The van der Waals surface area contributed by atoms with Crippen LogP contribution in [-0.2, 0) is 6.54 Å². The Hall–Kier alpha value is -2.14. The second kappa shape index (κ2) is 5.27. The van der Waals surface area contributed by atoms with Gasteiger partial charge in [-0.05, 0) is 17.7 Å². The number of nitrogen functional groups attached to an aromatic ring is 1. The quantitative estimate of drug-likeness (QED) is 0.612. The highest BCUT2D eigenvalue weighted by Crippen LogP contribution is 2.17. The van der Waals surface area contributed by atoms with Gasteiger partial charge >= 0.3 is 0 Å². The summed E-state index contributed by atoms with van der Waals surface area (Å²) in [5.41, 5.74) is 4.75. The normalized spacial score (nSPS) is 10.0. The summed E-state index contributed by atoms with van der Waals surface area (Å²) < 4.78 is 0. The van der Waals surface area contributed by atoms with E-state index in [1.807, 2.05) is 37.5 Å². The molecule has 0 unspecified atom stereocenters. The first kappa shape index (κ1) is 11.3. The summed E-state index contributed by atoms with van der Waals surface area (Å²) in [6, 6.07) is 7.82. The van der Waals surface area contributed by atoms with E-state index in [4.69, 9.17) is 5.84 Å². The fourth-order valence-electron chi connectivity index (χ4n) is 1.59. The smallest absolute Gasteiger partial charge is 0.141 e. The molecule has 2 aromatic rings. The van der Waals surface area contributed by atoms with Gasteiger partial charge in [-0.1, -0.05) is 6.07 Å². The highest BCUT2D eigenvalue weighted by Gasteiger charge is 2.03. The molecule has 0 atom stereocenters. The van der Waals surface area contributed by atoms with Gasteiger partial charge in [0.2, 0.25) is 0 Å². The van der Waals surface area contributed by atoms with Crippen LogP contribution < -0.4 is 16.2 Å². The standard InChI is InChI=1S/C12H15N5/c1-17(9-10-3-2-5-14-8-10)11-4-6-15-12(7-11)16-13/h2-8H,9,13H2,1H3,(H,15,16). The molecule has 2 heterocycles. The number of rotatable bonds is 4. The van der Waals surface area contributed by atoms with Crippen LogP contribution in [-0.4, -0.2) is 17.0 Å². The lowest BCUT2D eigenvalue weighted by Crippen LogP contribution is -2.17. The van der Waals surface area contributed by atoms with E-state index in [0.29, 0.717) is 5.82 Å². The fourth-order valence-corrected chi connectivity index (χ4v) is 1.59. The predicted octanol–water partition coefficient (Wildman–Crippen LogP) is 1.40. The highest BCUT2D eigenvalue weighted by molar-refractivity contribution is 5.53. The van der Waals surface area contributed by atoms with Crippen molar-refractivity contribution in [1.29, 1.82) is 0 Å². The fraction of sp³-hybridized carbons (Fsp3) is 0.167. The number of nitrogens with two attached hydrogens (primary N) is 1. The summed E-state index contributed by atoms with van der Waals surface area (Å²) in [6.45, 7) is 0.794. The number of nitrogens with one attached hydrogen (secondary N) is 1. The van der Waals surface area contributed by atoms with Gasteiger partial charge in [-0.15, -0.1) is 0 Å². The maximum Gasteiger partial charge on any atom is 0.141 e. The van der Waals surface area contributed by atoms with Crippen molar-refractivity contribution in [3.63, 3.8) is 0 Å². The molecule has 3 N–H and O–H groups in total. The predicted molar refractivity (Wildman–Crippen MR) is 68.4 cm³/mol. The number of hydrogen-bond acceptors (Lipinski definition) is 5. The maximum absolute atomic E-state index is 5.33. The maximum atomic E-state index is 5.33. The molecule has 0 radical (unpaired) electrons. The molecule has 5 nitrogen and oxygen atoms in total. The molecule has 0 saturated heterocycles. The Kier molecular flexibility index (Phi) is 3.52. The van der Waals surface area contributed by atoms with Crippen LogP contribution in [0.4, 0.5) is 11.5 Å². The van der Waals surface area contributed by atoms with E-state index in [9.17, 15) is 0 Å². The van der Waals surface area contributed by atoms with Crippen LogP contribution in [0.25, 0.3) is 0 Å². The van der Waals surface area contributed by atoms with Crippen LogP contribution in [0.15, 0.2) is 42.9 Å². The molecule has 0 amide bonds. The minimum atomic E-state index is 0.653. The summed E-state index contributed by atoms with van der Waals surface area (Å²) in [6.07, 6.45) is 5.36. The van der Waals surface area contributed by atoms with E-state index in [1.165, 1.54) is 0 Å². The molecule has 0 aliphatic carbocycles. The van der Waals surface area contributed by atoms with Crippen molar-refractivity contribution in [3.8, 4) is 0 Å². The van der Waals surface area contributed by atoms with Crippen molar-refractivity contribution in [2.24, 2.45) is 5.84 Å². The zero-order valence-electron chi connectivity index (χ0n) is 9.67. The van der Waals surface area contributed by atoms with E-state index >= 15 is 0 Å². The Balaban J connectivity index is 2.11. The van der Waals surface area contributed by atoms with E-state index in [1.54, 1.807) is 12.4 Å². The Labute approximate surface area is 100 Å². The second-order valence-corrected chi connectivity index (χ2v) is 3.76. The average molecular weight is 229 g/mol. The molecule has 0 spiro atoms. The number of hydrazine groups is 1. The first-order valence-corrected chi connectivity index (χ1v) is 5.32. The van der Waals surface area contributed by atoms with Gasteiger partial charge in [0.1, 0.15) is 5.82 Å². The Bertz CT molecular complexity index is 471. The number of nitrogens with zero attached hydrogens (tertiary/aromatic N) is 3. The van der Waals surface area contributed by atoms with Crippen molar-refractivity contribution < 1.29 is 0 Å². The largest absolute Gasteiger partial charge is 0.370 e. The van der Waals surface area contributed by atoms with Crippen LogP contribution in [0.1, 0.15) is 5.56 Å². The minimum absolute atomic E-state index is 0.653. The van der Waals surface area contributed by atoms with Gasteiger partial charge in [-0.3, -0.25) is 4.98 Å². The molecule has 0 aromatic carbocycles.